The average molecular weight is 522 g/mol. The van der Waals surface area contributed by atoms with E-state index < -0.39 is 0 Å². The van der Waals surface area contributed by atoms with Gasteiger partial charge < -0.3 is 4.40 Å². The van der Waals surface area contributed by atoms with Crippen LogP contribution in [0.25, 0.3) is 71.1 Å². The van der Waals surface area contributed by atoms with Crippen molar-refractivity contribution in [1.29, 1.82) is 0 Å². The lowest BCUT2D eigenvalue weighted by atomic mass is 9.94. The van der Waals surface area contributed by atoms with Crippen molar-refractivity contribution in [1.82, 2.24) is 4.40 Å². The molecule has 2 heteroatoms. The Morgan fingerprint density at radius 2 is 1.19 bits per heavy atom. The first-order valence-corrected chi connectivity index (χ1v) is 13.0. The number of fused-ring (bicyclic) bond motifs is 6. The highest BCUT2D eigenvalue weighted by Gasteiger charge is 2.19. The quantitative estimate of drug-likeness (QED) is 0.157. The maximum absolute atomic E-state index is 3.64. The van der Waals surface area contributed by atoms with Crippen LogP contribution in [0.3, 0.4) is 0 Å². The molecule has 0 N–H and O–H groups in total. The van der Waals surface area contributed by atoms with Gasteiger partial charge in [0.2, 0.25) is 0 Å². The van der Waals surface area contributed by atoms with Gasteiger partial charge in [-0.05, 0) is 69.4 Å². The zero-order valence-electron chi connectivity index (χ0n) is 19.4. The molecule has 168 valence electrons. The van der Waals surface area contributed by atoms with Crippen LogP contribution >= 0.6 is 15.9 Å². The van der Waals surface area contributed by atoms with Gasteiger partial charge in [-0.25, -0.2) is 0 Å². The van der Waals surface area contributed by atoms with Crippen LogP contribution in [0.1, 0.15) is 0 Å². The highest BCUT2D eigenvalue weighted by Crippen LogP contribution is 2.43. The van der Waals surface area contributed by atoms with E-state index in [1.165, 1.54) is 71.1 Å². The molecule has 0 saturated heterocycles. The Hall–Kier alpha value is -4.14. The van der Waals surface area contributed by atoms with Crippen LogP contribution in [-0.2, 0) is 0 Å². The first-order chi connectivity index (χ1) is 17.8. The lowest BCUT2D eigenvalue weighted by molar-refractivity contribution is 1.35. The molecular weight excluding hydrogens is 502 g/mol. The van der Waals surface area contributed by atoms with Crippen molar-refractivity contribution in [3.05, 3.63) is 126 Å². The third-order valence-electron chi connectivity index (χ3n) is 7.54. The van der Waals surface area contributed by atoms with E-state index in [0.717, 1.165) is 4.47 Å². The van der Waals surface area contributed by atoms with E-state index in [1.54, 1.807) is 0 Å². The Bertz CT molecular complexity index is 2100. The van der Waals surface area contributed by atoms with Gasteiger partial charge >= 0.3 is 0 Å². The van der Waals surface area contributed by atoms with Crippen molar-refractivity contribution in [3.8, 4) is 22.3 Å². The van der Waals surface area contributed by atoms with Crippen LogP contribution in [0.2, 0.25) is 0 Å². The molecule has 0 spiro atoms. The molecule has 0 atom stereocenters. The lowest BCUT2D eigenvalue weighted by Gasteiger charge is -2.15. The third-order valence-corrected chi connectivity index (χ3v) is 8.04. The van der Waals surface area contributed by atoms with Gasteiger partial charge in [-0.2, -0.15) is 0 Å². The largest absolute Gasteiger partial charge is 0.308 e. The number of aromatic nitrogens is 1. The Morgan fingerprint density at radius 3 is 2.08 bits per heavy atom. The first kappa shape index (κ1) is 20.1. The summed E-state index contributed by atoms with van der Waals surface area (Å²) in [5, 5.41) is 7.82. The molecule has 0 aliphatic carbocycles. The highest BCUT2D eigenvalue weighted by molar-refractivity contribution is 9.10. The number of hydrogen-bond acceptors (Lipinski definition) is 0. The van der Waals surface area contributed by atoms with E-state index in [9.17, 15) is 0 Å². The van der Waals surface area contributed by atoms with Gasteiger partial charge in [0.05, 0.1) is 16.6 Å². The van der Waals surface area contributed by atoms with Crippen LogP contribution in [-0.4, -0.2) is 4.40 Å². The smallest absolute Gasteiger partial charge is 0.0626 e. The second-order valence-electron chi connectivity index (χ2n) is 9.54. The number of rotatable bonds is 2. The van der Waals surface area contributed by atoms with Crippen LogP contribution < -0.4 is 0 Å². The summed E-state index contributed by atoms with van der Waals surface area (Å²) in [5.41, 5.74) is 8.75. The number of pyridine rings is 1. The summed E-state index contributed by atoms with van der Waals surface area (Å²) >= 11 is 3.64. The topological polar surface area (TPSA) is 4.41 Å². The Balaban J connectivity index is 1.56. The summed E-state index contributed by atoms with van der Waals surface area (Å²) in [4.78, 5) is 0. The van der Waals surface area contributed by atoms with Crippen LogP contribution in [0.15, 0.2) is 126 Å². The monoisotopic (exact) mass is 521 g/mol. The molecule has 0 amide bonds. The van der Waals surface area contributed by atoms with E-state index >= 15 is 0 Å². The zero-order chi connectivity index (χ0) is 23.8. The zero-order valence-corrected chi connectivity index (χ0v) is 21.0. The minimum Gasteiger partial charge on any atom is -0.308 e. The molecule has 1 nitrogen and oxygen atoms in total. The Labute approximate surface area is 216 Å². The molecule has 8 rings (SSSR count). The Kier molecular flexibility index (Phi) is 4.15. The molecule has 0 radical (unpaired) electrons. The van der Waals surface area contributed by atoms with Crippen molar-refractivity contribution >= 4 is 64.8 Å². The molecule has 0 fully saturated rings. The molecule has 8 aromatic rings. The molecule has 2 aromatic heterocycles. The predicted molar refractivity (Wildman–Crippen MR) is 157 cm³/mol. The number of para-hydroxylation sites is 1. The van der Waals surface area contributed by atoms with E-state index in [0.29, 0.717) is 0 Å². The van der Waals surface area contributed by atoms with Crippen molar-refractivity contribution in [2.75, 3.05) is 0 Å². The molecule has 2 heterocycles. The third kappa shape index (κ3) is 2.76. The van der Waals surface area contributed by atoms with Crippen molar-refractivity contribution < 1.29 is 0 Å². The minimum absolute atomic E-state index is 1.09. The maximum atomic E-state index is 3.64. The maximum Gasteiger partial charge on any atom is 0.0626 e. The van der Waals surface area contributed by atoms with Gasteiger partial charge in [0.25, 0.3) is 0 Å². The van der Waals surface area contributed by atoms with Crippen LogP contribution in [0, 0.1) is 0 Å². The van der Waals surface area contributed by atoms with Gasteiger partial charge in [-0.3, -0.25) is 0 Å². The first-order valence-electron chi connectivity index (χ1n) is 12.2. The second kappa shape index (κ2) is 7.43. The van der Waals surface area contributed by atoms with Crippen molar-refractivity contribution in [3.63, 3.8) is 0 Å². The lowest BCUT2D eigenvalue weighted by Crippen LogP contribution is -1.93. The van der Waals surface area contributed by atoms with E-state index in [-0.39, 0.29) is 0 Å². The standard InChI is InChI=1S/C34H20BrN/c35-26-10-6-9-22(18-26)23-13-15-28-29-16-14-24-17-25(21-7-2-1-3-8-21)19-30-27-11-4-5-12-31(27)36(32(28)20-23)34(29)33(24)30/h1-20H. The number of nitrogens with zero attached hydrogens (tertiary/aromatic N) is 1. The van der Waals surface area contributed by atoms with Crippen LogP contribution in [0.5, 0.6) is 0 Å². The summed E-state index contributed by atoms with van der Waals surface area (Å²) < 4.78 is 3.58. The Morgan fingerprint density at radius 1 is 0.444 bits per heavy atom. The molecular formula is C34H20BrN. The fourth-order valence-corrected chi connectivity index (χ4v) is 6.36. The van der Waals surface area contributed by atoms with Gasteiger partial charge in [0, 0.05) is 26.0 Å². The summed E-state index contributed by atoms with van der Waals surface area (Å²) in [6.07, 6.45) is 0. The molecule has 0 aliphatic heterocycles. The summed E-state index contributed by atoms with van der Waals surface area (Å²) in [5.74, 6) is 0. The summed E-state index contributed by atoms with van der Waals surface area (Å²) in [6, 6.07) is 44.3. The summed E-state index contributed by atoms with van der Waals surface area (Å²) in [7, 11) is 0. The fraction of sp³-hybridized carbons (Fsp3) is 0. The van der Waals surface area contributed by atoms with Gasteiger partial charge in [0.15, 0.2) is 0 Å². The van der Waals surface area contributed by atoms with Crippen LogP contribution in [0.4, 0.5) is 0 Å². The highest BCUT2D eigenvalue weighted by atomic mass is 79.9. The van der Waals surface area contributed by atoms with E-state index in [4.69, 9.17) is 0 Å². The van der Waals surface area contributed by atoms with Crippen molar-refractivity contribution in [2.45, 2.75) is 0 Å². The number of halogens is 1. The van der Waals surface area contributed by atoms with Gasteiger partial charge in [-0.15, -0.1) is 0 Å². The molecule has 0 aliphatic rings. The number of benzene rings is 6. The predicted octanol–water partition coefficient (Wildman–Crippen LogP) is 10.1. The van der Waals surface area contributed by atoms with Gasteiger partial charge in [0.1, 0.15) is 0 Å². The average Bonchev–Trinajstić information content (AvgIpc) is 3.27. The molecule has 6 aromatic carbocycles. The SMILES string of the molecule is Brc1cccc(-c2ccc3c4ccc5cc(-c6ccccc6)cc6c7ccccc7n(c3c2)c4c56)c1. The van der Waals surface area contributed by atoms with E-state index in [2.05, 4.69) is 142 Å². The molecule has 0 unspecified atom stereocenters. The fourth-order valence-electron chi connectivity index (χ4n) is 5.97. The second-order valence-corrected chi connectivity index (χ2v) is 10.5. The summed E-state index contributed by atoms with van der Waals surface area (Å²) in [6.45, 7) is 0. The molecule has 36 heavy (non-hydrogen) atoms. The molecule has 0 bridgehead atoms. The van der Waals surface area contributed by atoms with E-state index in [1.807, 2.05) is 0 Å². The normalized spacial score (nSPS) is 12.0. The number of hydrogen-bond donors (Lipinski definition) is 0. The van der Waals surface area contributed by atoms with Crippen molar-refractivity contribution in [2.24, 2.45) is 0 Å². The minimum atomic E-state index is 1.09. The molecule has 0 saturated carbocycles. The van der Waals surface area contributed by atoms with Gasteiger partial charge in [-0.1, -0.05) is 101 Å².